The standard InChI is InChI=1S/C9H19N3O2/c1-3-5-7(12-9(10)11)8(13)14-6-4-2/h7H,3-6H2,1-2H3,(H4,10,11,12). The summed E-state index contributed by atoms with van der Waals surface area (Å²) in [6.45, 7) is 4.31. The number of nitrogens with two attached hydrogens (primary N) is 1. The quantitative estimate of drug-likeness (QED) is 0.333. The SMILES string of the molecule is CCCOC(=O)C(CCC)NC(=N)N. The molecule has 0 radical (unpaired) electrons. The number of hydrogen-bond donors (Lipinski definition) is 3. The first-order valence-corrected chi connectivity index (χ1v) is 4.89. The van der Waals surface area contributed by atoms with Crippen LogP contribution in [-0.4, -0.2) is 24.6 Å². The molecule has 1 unspecified atom stereocenters. The molecule has 82 valence electrons. The highest BCUT2D eigenvalue weighted by molar-refractivity contribution is 5.83. The van der Waals surface area contributed by atoms with Crippen LogP contribution < -0.4 is 11.1 Å². The molecule has 0 rings (SSSR count). The van der Waals surface area contributed by atoms with Crippen molar-refractivity contribution in [2.75, 3.05) is 6.61 Å². The van der Waals surface area contributed by atoms with Crippen molar-refractivity contribution in [3.05, 3.63) is 0 Å². The summed E-state index contributed by atoms with van der Waals surface area (Å²) in [4.78, 5) is 11.4. The zero-order valence-corrected chi connectivity index (χ0v) is 8.80. The maximum Gasteiger partial charge on any atom is 0.328 e. The molecule has 4 N–H and O–H groups in total. The number of rotatable bonds is 6. The summed E-state index contributed by atoms with van der Waals surface area (Å²) < 4.78 is 4.95. The number of nitrogens with one attached hydrogen (secondary N) is 2. The molecule has 0 fully saturated rings. The van der Waals surface area contributed by atoms with E-state index in [-0.39, 0.29) is 11.9 Å². The van der Waals surface area contributed by atoms with Crippen LogP contribution in [0.4, 0.5) is 0 Å². The van der Waals surface area contributed by atoms with E-state index in [2.05, 4.69) is 5.32 Å². The van der Waals surface area contributed by atoms with Crippen molar-refractivity contribution in [3.8, 4) is 0 Å². The topological polar surface area (TPSA) is 88.2 Å². The van der Waals surface area contributed by atoms with Crippen LogP contribution in [0.3, 0.4) is 0 Å². The minimum absolute atomic E-state index is 0.197. The molecule has 0 amide bonds. The summed E-state index contributed by atoms with van der Waals surface area (Å²) in [5, 5.41) is 9.61. The molecule has 0 aliphatic carbocycles. The number of hydrogen-bond acceptors (Lipinski definition) is 3. The first kappa shape index (κ1) is 12.7. The Kier molecular flexibility index (Phi) is 6.53. The highest BCUT2D eigenvalue weighted by Gasteiger charge is 2.18. The van der Waals surface area contributed by atoms with Crippen molar-refractivity contribution in [2.24, 2.45) is 5.73 Å². The van der Waals surface area contributed by atoms with Gasteiger partial charge in [-0.25, -0.2) is 4.79 Å². The smallest absolute Gasteiger partial charge is 0.328 e. The first-order valence-electron chi connectivity index (χ1n) is 4.89. The van der Waals surface area contributed by atoms with Crippen LogP contribution in [0.1, 0.15) is 33.1 Å². The van der Waals surface area contributed by atoms with Crippen molar-refractivity contribution in [3.63, 3.8) is 0 Å². The van der Waals surface area contributed by atoms with E-state index in [1.165, 1.54) is 0 Å². The molecule has 5 heteroatoms. The first-order chi connectivity index (χ1) is 6.61. The van der Waals surface area contributed by atoms with Gasteiger partial charge in [0.05, 0.1) is 6.61 Å². The van der Waals surface area contributed by atoms with Crippen LogP contribution in [0.15, 0.2) is 0 Å². The van der Waals surface area contributed by atoms with Gasteiger partial charge in [-0.05, 0) is 12.8 Å². The maximum absolute atomic E-state index is 11.4. The van der Waals surface area contributed by atoms with Gasteiger partial charge in [0.2, 0.25) is 0 Å². The monoisotopic (exact) mass is 201 g/mol. The molecule has 0 aliphatic rings. The largest absolute Gasteiger partial charge is 0.464 e. The molecule has 0 heterocycles. The fraction of sp³-hybridized carbons (Fsp3) is 0.778. The third-order valence-electron chi connectivity index (χ3n) is 1.64. The minimum Gasteiger partial charge on any atom is -0.464 e. The highest BCUT2D eigenvalue weighted by Crippen LogP contribution is 1.99. The van der Waals surface area contributed by atoms with E-state index in [4.69, 9.17) is 15.9 Å². The molecule has 14 heavy (non-hydrogen) atoms. The number of carbonyl (C=O) groups excluding carboxylic acids is 1. The van der Waals surface area contributed by atoms with Crippen LogP contribution in [0, 0.1) is 5.41 Å². The third-order valence-corrected chi connectivity index (χ3v) is 1.64. The molecule has 1 atom stereocenters. The van der Waals surface area contributed by atoms with Gasteiger partial charge in [0.25, 0.3) is 0 Å². The Hall–Kier alpha value is -1.26. The van der Waals surface area contributed by atoms with Crippen molar-refractivity contribution in [1.29, 1.82) is 5.41 Å². The van der Waals surface area contributed by atoms with Gasteiger partial charge in [0.15, 0.2) is 5.96 Å². The number of guanidine groups is 1. The summed E-state index contributed by atoms with van der Waals surface area (Å²) in [7, 11) is 0. The molecule has 0 bridgehead atoms. The average molecular weight is 201 g/mol. The number of carbonyl (C=O) groups is 1. The van der Waals surface area contributed by atoms with Gasteiger partial charge in [-0.2, -0.15) is 0 Å². The number of esters is 1. The summed E-state index contributed by atoms with van der Waals surface area (Å²) in [6.07, 6.45) is 2.26. The Balaban J connectivity index is 4.03. The molecular formula is C9H19N3O2. The lowest BCUT2D eigenvalue weighted by Gasteiger charge is -2.16. The zero-order chi connectivity index (χ0) is 11.0. The molecule has 0 aromatic carbocycles. The van der Waals surface area contributed by atoms with Crippen LogP contribution in [0.5, 0.6) is 0 Å². The van der Waals surface area contributed by atoms with E-state index in [0.29, 0.717) is 13.0 Å². The van der Waals surface area contributed by atoms with Gasteiger partial charge in [-0.3, -0.25) is 5.41 Å². The summed E-state index contributed by atoms with van der Waals surface area (Å²) in [5.74, 6) is -0.527. The van der Waals surface area contributed by atoms with E-state index >= 15 is 0 Å². The van der Waals surface area contributed by atoms with Crippen LogP contribution in [0.2, 0.25) is 0 Å². The van der Waals surface area contributed by atoms with Gasteiger partial charge in [-0.15, -0.1) is 0 Å². The van der Waals surface area contributed by atoms with Gasteiger partial charge < -0.3 is 15.8 Å². The molecular weight excluding hydrogens is 182 g/mol. The Morgan fingerprint density at radius 2 is 2.14 bits per heavy atom. The maximum atomic E-state index is 11.4. The molecule has 0 saturated heterocycles. The zero-order valence-electron chi connectivity index (χ0n) is 8.80. The molecule has 0 aliphatic heterocycles. The lowest BCUT2D eigenvalue weighted by molar-refractivity contribution is -0.146. The molecule has 0 aromatic heterocycles. The minimum atomic E-state index is -0.482. The fourth-order valence-electron chi connectivity index (χ4n) is 1.03. The Bertz CT molecular complexity index is 194. The normalized spacial score (nSPS) is 11.9. The van der Waals surface area contributed by atoms with Crippen molar-refractivity contribution >= 4 is 11.9 Å². The van der Waals surface area contributed by atoms with E-state index in [9.17, 15) is 4.79 Å². The van der Waals surface area contributed by atoms with Crippen LogP contribution >= 0.6 is 0 Å². The van der Waals surface area contributed by atoms with Gasteiger partial charge in [0.1, 0.15) is 6.04 Å². The predicted octanol–water partition coefficient (Wildman–Crippen LogP) is 0.591. The van der Waals surface area contributed by atoms with Crippen molar-refractivity contribution in [1.82, 2.24) is 5.32 Å². The Morgan fingerprint density at radius 3 is 2.57 bits per heavy atom. The third kappa shape index (κ3) is 5.40. The lowest BCUT2D eigenvalue weighted by atomic mass is 10.2. The van der Waals surface area contributed by atoms with Crippen LogP contribution in [-0.2, 0) is 9.53 Å². The number of ether oxygens (including phenoxy) is 1. The van der Waals surface area contributed by atoms with Crippen molar-refractivity contribution in [2.45, 2.75) is 39.2 Å². The molecule has 0 aromatic rings. The molecule has 5 nitrogen and oxygen atoms in total. The Labute approximate surface area is 84.5 Å². The van der Waals surface area contributed by atoms with E-state index in [1.54, 1.807) is 0 Å². The van der Waals surface area contributed by atoms with E-state index in [0.717, 1.165) is 12.8 Å². The highest BCUT2D eigenvalue weighted by atomic mass is 16.5. The summed E-state index contributed by atoms with van der Waals surface area (Å²) >= 11 is 0. The van der Waals surface area contributed by atoms with Gasteiger partial charge >= 0.3 is 5.97 Å². The molecule has 0 saturated carbocycles. The summed E-state index contributed by atoms with van der Waals surface area (Å²) in [6, 6.07) is -0.482. The van der Waals surface area contributed by atoms with Crippen LogP contribution in [0.25, 0.3) is 0 Å². The molecule has 0 spiro atoms. The average Bonchev–Trinajstić information content (AvgIpc) is 2.13. The lowest BCUT2D eigenvalue weighted by Crippen LogP contribution is -2.44. The van der Waals surface area contributed by atoms with Gasteiger partial charge in [0, 0.05) is 0 Å². The second kappa shape index (κ2) is 7.17. The van der Waals surface area contributed by atoms with Gasteiger partial charge in [-0.1, -0.05) is 20.3 Å². The predicted molar refractivity (Wildman–Crippen MR) is 55.0 cm³/mol. The van der Waals surface area contributed by atoms with Crippen molar-refractivity contribution < 1.29 is 9.53 Å². The Morgan fingerprint density at radius 1 is 1.50 bits per heavy atom. The summed E-state index contributed by atoms with van der Waals surface area (Å²) in [5.41, 5.74) is 5.15. The second-order valence-electron chi connectivity index (χ2n) is 3.07. The fourth-order valence-corrected chi connectivity index (χ4v) is 1.03. The van der Waals surface area contributed by atoms with E-state index < -0.39 is 6.04 Å². The van der Waals surface area contributed by atoms with E-state index in [1.807, 2.05) is 13.8 Å². The second-order valence-corrected chi connectivity index (χ2v) is 3.07.